The Morgan fingerprint density at radius 2 is 2.00 bits per heavy atom. The summed E-state index contributed by atoms with van der Waals surface area (Å²) in [6.07, 6.45) is 0.552. The van der Waals surface area contributed by atoms with Crippen molar-refractivity contribution in [3.63, 3.8) is 0 Å². The van der Waals surface area contributed by atoms with Crippen LogP contribution >= 0.6 is 0 Å². The lowest BCUT2D eigenvalue weighted by Crippen LogP contribution is -2.47. The van der Waals surface area contributed by atoms with Crippen LogP contribution in [0.3, 0.4) is 0 Å². The number of halogens is 1. The second-order valence-corrected chi connectivity index (χ2v) is 7.53. The summed E-state index contributed by atoms with van der Waals surface area (Å²) in [5.74, 6) is -0.692. The van der Waals surface area contributed by atoms with Gasteiger partial charge in [-0.2, -0.15) is 8.42 Å². The van der Waals surface area contributed by atoms with Crippen molar-refractivity contribution >= 4 is 16.3 Å². The van der Waals surface area contributed by atoms with Crippen molar-refractivity contribution in [2.75, 3.05) is 12.3 Å². The maximum Gasteiger partial charge on any atom is 0.410 e. The normalized spacial score (nSPS) is 25.2. The number of piperidine rings is 1. The molecule has 1 aliphatic heterocycles. The third-order valence-corrected chi connectivity index (χ3v) is 3.92. The highest BCUT2D eigenvalue weighted by atomic mass is 32.3. The second kappa shape index (κ2) is 5.64. The minimum atomic E-state index is -4.45. The summed E-state index contributed by atoms with van der Waals surface area (Å²) >= 11 is 0. The summed E-state index contributed by atoms with van der Waals surface area (Å²) in [6.45, 7) is 7.59. The summed E-state index contributed by atoms with van der Waals surface area (Å²) in [4.78, 5) is 13.5. The van der Waals surface area contributed by atoms with Gasteiger partial charge in [-0.3, -0.25) is 0 Å². The van der Waals surface area contributed by atoms with Crippen LogP contribution in [0.15, 0.2) is 0 Å². The maximum absolute atomic E-state index is 12.6. The number of hydrogen-bond acceptors (Lipinski definition) is 4. The van der Waals surface area contributed by atoms with Gasteiger partial charge in [-0.1, -0.05) is 0 Å². The number of carbonyl (C=O) groups is 1. The van der Waals surface area contributed by atoms with Crippen molar-refractivity contribution in [3.8, 4) is 0 Å². The molecule has 1 fully saturated rings. The zero-order valence-corrected chi connectivity index (χ0v) is 12.7. The van der Waals surface area contributed by atoms with Gasteiger partial charge in [-0.15, -0.1) is 3.89 Å². The van der Waals surface area contributed by atoms with Gasteiger partial charge in [-0.05, 0) is 46.5 Å². The lowest BCUT2D eigenvalue weighted by Gasteiger charge is -2.37. The molecule has 0 aromatic rings. The third kappa shape index (κ3) is 5.76. The zero-order valence-electron chi connectivity index (χ0n) is 11.8. The van der Waals surface area contributed by atoms with Crippen LogP contribution in [0.25, 0.3) is 0 Å². The Bertz CT molecular complexity index is 430. The number of ether oxygens (including phenoxy) is 1. The van der Waals surface area contributed by atoms with E-state index >= 15 is 0 Å². The fourth-order valence-corrected chi connectivity index (χ4v) is 3.16. The van der Waals surface area contributed by atoms with Crippen molar-refractivity contribution in [1.29, 1.82) is 0 Å². The highest BCUT2D eigenvalue weighted by molar-refractivity contribution is 7.86. The summed E-state index contributed by atoms with van der Waals surface area (Å²) < 4.78 is 39.2. The number of rotatable bonds is 2. The van der Waals surface area contributed by atoms with Gasteiger partial charge in [0.05, 0.1) is 5.75 Å². The van der Waals surface area contributed by atoms with E-state index in [2.05, 4.69) is 0 Å². The van der Waals surface area contributed by atoms with Crippen LogP contribution < -0.4 is 0 Å². The van der Waals surface area contributed by atoms with E-state index in [0.29, 0.717) is 19.4 Å². The van der Waals surface area contributed by atoms with Crippen LogP contribution in [0, 0.1) is 5.92 Å². The summed E-state index contributed by atoms with van der Waals surface area (Å²) in [5.41, 5.74) is -0.560. The van der Waals surface area contributed by atoms with Crippen molar-refractivity contribution in [2.45, 2.75) is 52.2 Å². The summed E-state index contributed by atoms with van der Waals surface area (Å²) in [7, 11) is -4.45. The minimum Gasteiger partial charge on any atom is -0.444 e. The van der Waals surface area contributed by atoms with E-state index in [1.807, 2.05) is 6.92 Å². The molecule has 1 aliphatic rings. The maximum atomic E-state index is 12.6. The Morgan fingerprint density at radius 3 is 2.42 bits per heavy atom. The largest absolute Gasteiger partial charge is 0.444 e. The van der Waals surface area contributed by atoms with Crippen LogP contribution in [0.2, 0.25) is 0 Å². The molecular weight excluding hydrogens is 273 g/mol. The zero-order chi connectivity index (χ0) is 14.8. The standard InChI is InChI=1S/C12H22FNO4S/c1-9-7-10(8-19(13,16)17)5-6-14(9)11(15)18-12(2,3)4/h9-10H,5-8H2,1-4H3. The molecule has 0 saturated carbocycles. The molecule has 0 radical (unpaired) electrons. The molecule has 0 aliphatic carbocycles. The molecule has 2 unspecified atom stereocenters. The van der Waals surface area contributed by atoms with Crippen LogP contribution in [0.5, 0.6) is 0 Å². The van der Waals surface area contributed by atoms with E-state index < -0.39 is 27.7 Å². The smallest absolute Gasteiger partial charge is 0.410 e. The number of hydrogen-bond donors (Lipinski definition) is 0. The van der Waals surface area contributed by atoms with Crippen molar-refractivity contribution in [1.82, 2.24) is 4.90 Å². The number of carbonyl (C=O) groups excluding carboxylic acids is 1. The first kappa shape index (κ1) is 16.2. The van der Waals surface area contributed by atoms with Gasteiger partial charge in [0, 0.05) is 12.6 Å². The van der Waals surface area contributed by atoms with Crippen LogP contribution in [-0.2, 0) is 15.0 Å². The third-order valence-electron chi connectivity index (χ3n) is 3.05. The molecule has 112 valence electrons. The molecule has 19 heavy (non-hydrogen) atoms. The van der Waals surface area contributed by atoms with E-state index in [0.717, 1.165) is 0 Å². The Kier molecular flexibility index (Phi) is 4.81. The molecule has 1 amide bonds. The molecule has 1 heterocycles. The van der Waals surface area contributed by atoms with Gasteiger partial charge >= 0.3 is 16.3 Å². The van der Waals surface area contributed by atoms with Gasteiger partial charge in [0.2, 0.25) is 0 Å². The average Bonchev–Trinajstić information content (AvgIpc) is 2.11. The lowest BCUT2D eigenvalue weighted by molar-refractivity contribution is 0.00819. The van der Waals surface area contributed by atoms with Crippen molar-refractivity contribution in [3.05, 3.63) is 0 Å². The van der Waals surface area contributed by atoms with Gasteiger partial charge in [0.1, 0.15) is 5.60 Å². The Morgan fingerprint density at radius 1 is 1.42 bits per heavy atom. The number of amides is 1. The highest BCUT2D eigenvalue weighted by Crippen LogP contribution is 2.26. The van der Waals surface area contributed by atoms with Gasteiger partial charge in [0.15, 0.2) is 0 Å². The van der Waals surface area contributed by atoms with E-state index in [1.54, 1.807) is 25.7 Å². The topological polar surface area (TPSA) is 63.7 Å². The first-order valence-corrected chi connectivity index (χ1v) is 7.95. The van der Waals surface area contributed by atoms with E-state index in [-0.39, 0.29) is 12.0 Å². The molecular formula is C12H22FNO4S. The van der Waals surface area contributed by atoms with Gasteiger partial charge in [-0.25, -0.2) is 4.79 Å². The van der Waals surface area contributed by atoms with Gasteiger partial charge < -0.3 is 9.64 Å². The fourth-order valence-electron chi connectivity index (χ4n) is 2.29. The highest BCUT2D eigenvalue weighted by Gasteiger charge is 2.33. The van der Waals surface area contributed by atoms with Crippen molar-refractivity contribution in [2.24, 2.45) is 5.92 Å². The first-order chi connectivity index (χ1) is 8.48. The lowest BCUT2D eigenvalue weighted by atomic mass is 9.93. The fraction of sp³-hybridized carbons (Fsp3) is 0.917. The van der Waals surface area contributed by atoms with Crippen LogP contribution in [0.4, 0.5) is 8.68 Å². The van der Waals surface area contributed by atoms with Gasteiger partial charge in [0.25, 0.3) is 0 Å². The summed E-state index contributed by atoms with van der Waals surface area (Å²) in [6, 6.07) is -0.143. The molecule has 0 N–H and O–H groups in total. The number of likely N-dealkylation sites (tertiary alicyclic amines) is 1. The molecule has 1 saturated heterocycles. The monoisotopic (exact) mass is 295 g/mol. The van der Waals surface area contributed by atoms with E-state index in [4.69, 9.17) is 4.74 Å². The Hall–Kier alpha value is -0.850. The molecule has 7 heteroatoms. The molecule has 1 rings (SSSR count). The van der Waals surface area contributed by atoms with Crippen molar-refractivity contribution < 1.29 is 21.8 Å². The predicted molar refractivity (Wildman–Crippen MR) is 70.0 cm³/mol. The molecule has 0 bridgehead atoms. The second-order valence-electron chi connectivity index (χ2n) is 6.12. The van der Waals surface area contributed by atoms with Crippen LogP contribution in [0.1, 0.15) is 40.5 Å². The molecule has 2 atom stereocenters. The Balaban J connectivity index is 2.57. The first-order valence-electron chi connectivity index (χ1n) is 6.40. The predicted octanol–water partition coefficient (Wildman–Crippen LogP) is 2.32. The molecule has 5 nitrogen and oxygen atoms in total. The quantitative estimate of drug-likeness (QED) is 0.733. The van der Waals surface area contributed by atoms with Crippen LogP contribution in [-0.4, -0.2) is 43.4 Å². The van der Waals surface area contributed by atoms with E-state index in [1.165, 1.54) is 0 Å². The number of nitrogens with zero attached hydrogens (tertiary/aromatic N) is 1. The Labute approximate surface area is 114 Å². The molecule has 0 spiro atoms. The summed E-state index contributed by atoms with van der Waals surface area (Å²) in [5, 5.41) is 0. The van der Waals surface area contributed by atoms with E-state index in [9.17, 15) is 17.1 Å². The minimum absolute atomic E-state index is 0.143. The average molecular weight is 295 g/mol. The molecule has 0 aromatic carbocycles. The SMILES string of the molecule is CC1CC(CS(=O)(=O)F)CCN1C(=O)OC(C)(C)C. The molecule has 0 aromatic heterocycles.